The van der Waals surface area contributed by atoms with Gasteiger partial charge in [-0.1, -0.05) is 55.5 Å². The Morgan fingerprint density at radius 2 is 1.81 bits per heavy atom. The second kappa shape index (κ2) is 9.39. The molecule has 0 aliphatic heterocycles. The van der Waals surface area contributed by atoms with Gasteiger partial charge >= 0.3 is 5.97 Å². The van der Waals surface area contributed by atoms with Crippen LogP contribution in [0, 0.1) is 12.8 Å². The fraction of sp³-hybridized carbons (Fsp3) is 0.346. The molecular formula is C26H29N3O3. The normalized spacial score (nSPS) is 13.5. The van der Waals surface area contributed by atoms with Gasteiger partial charge in [0.25, 0.3) is 5.91 Å². The number of rotatable bonds is 7. The van der Waals surface area contributed by atoms with E-state index in [4.69, 9.17) is 9.84 Å². The molecule has 0 saturated carbocycles. The first-order valence-electron chi connectivity index (χ1n) is 11.1. The first-order valence-corrected chi connectivity index (χ1v) is 11.1. The Morgan fingerprint density at radius 1 is 1.09 bits per heavy atom. The summed E-state index contributed by atoms with van der Waals surface area (Å²) in [6, 6.07) is 17.9. The molecule has 2 aromatic carbocycles. The largest absolute Gasteiger partial charge is 0.469 e. The lowest BCUT2D eigenvalue weighted by Crippen LogP contribution is -2.37. The standard InChI is InChI=1S/C26H29N3O3/c1-18-10-7-8-14-22(18)29-23-15-9-13-21(23)24(27-29)25(30)28(16-19(2)26(31)32-3)17-20-11-5-4-6-12-20/h4-8,10-12,14,19H,9,13,15-17H2,1-3H3. The minimum Gasteiger partial charge on any atom is -0.469 e. The number of carbonyl (C=O) groups excluding carboxylic acids is 2. The van der Waals surface area contributed by atoms with Gasteiger partial charge in [0.1, 0.15) is 0 Å². The van der Waals surface area contributed by atoms with Gasteiger partial charge in [-0.3, -0.25) is 9.59 Å². The van der Waals surface area contributed by atoms with E-state index in [0.29, 0.717) is 12.2 Å². The molecule has 6 nitrogen and oxygen atoms in total. The lowest BCUT2D eigenvalue weighted by atomic mass is 10.1. The maximum absolute atomic E-state index is 13.8. The number of aromatic nitrogens is 2. The number of benzene rings is 2. The van der Waals surface area contributed by atoms with Crippen molar-refractivity contribution in [2.45, 2.75) is 39.7 Å². The average Bonchev–Trinajstić information content (AvgIpc) is 3.42. The molecule has 1 aliphatic carbocycles. The number of methoxy groups -OCH3 is 1. The van der Waals surface area contributed by atoms with Crippen molar-refractivity contribution >= 4 is 11.9 Å². The van der Waals surface area contributed by atoms with Crippen LogP contribution in [0.5, 0.6) is 0 Å². The van der Waals surface area contributed by atoms with Crippen LogP contribution < -0.4 is 0 Å². The van der Waals surface area contributed by atoms with Gasteiger partial charge < -0.3 is 9.64 Å². The number of amides is 1. The molecule has 1 amide bonds. The van der Waals surface area contributed by atoms with Gasteiger partial charge in [0.05, 0.1) is 18.7 Å². The van der Waals surface area contributed by atoms with Gasteiger partial charge in [0, 0.05) is 24.3 Å². The topological polar surface area (TPSA) is 64.4 Å². The van der Waals surface area contributed by atoms with E-state index < -0.39 is 5.92 Å². The van der Waals surface area contributed by atoms with Crippen molar-refractivity contribution in [2.75, 3.05) is 13.7 Å². The molecule has 166 valence electrons. The zero-order chi connectivity index (χ0) is 22.7. The number of hydrogen-bond donors (Lipinski definition) is 0. The Bertz CT molecular complexity index is 1120. The van der Waals surface area contributed by atoms with Crippen LogP contribution in [0.25, 0.3) is 5.69 Å². The Hall–Kier alpha value is -3.41. The lowest BCUT2D eigenvalue weighted by Gasteiger charge is -2.25. The van der Waals surface area contributed by atoms with Crippen molar-refractivity contribution < 1.29 is 14.3 Å². The zero-order valence-corrected chi connectivity index (χ0v) is 18.9. The molecule has 6 heteroatoms. The van der Waals surface area contributed by atoms with E-state index in [2.05, 4.69) is 13.0 Å². The Balaban J connectivity index is 1.71. The van der Waals surface area contributed by atoms with E-state index in [9.17, 15) is 9.59 Å². The summed E-state index contributed by atoms with van der Waals surface area (Å²) < 4.78 is 6.84. The van der Waals surface area contributed by atoms with Crippen molar-refractivity contribution in [1.29, 1.82) is 0 Å². The summed E-state index contributed by atoms with van der Waals surface area (Å²) in [7, 11) is 1.37. The Kier molecular flexibility index (Phi) is 6.40. The highest BCUT2D eigenvalue weighted by molar-refractivity contribution is 5.94. The maximum Gasteiger partial charge on any atom is 0.310 e. The van der Waals surface area contributed by atoms with Crippen LogP contribution in [-0.4, -0.2) is 40.2 Å². The van der Waals surface area contributed by atoms with Gasteiger partial charge in [-0.05, 0) is 43.4 Å². The van der Waals surface area contributed by atoms with Crippen LogP contribution in [0.2, 0.25) is 0 Å². The lowest BCUT2D eigenvalue weighted by molar-refractivity contribution is -0.145. The number of para-hydroxylation sites is 1. The van der Waals surface area contributed by atoms with E-state index in [0.717, 1.165) is 47.3 Å². The molecule has 0 spiro atoms. The van der Waals surface area contributed by atoms with Crippen LogP contribution in [0.3, 0.4) is 0 Å². The molecule has 1 unspecified atom stereocenters. The highest BCUT2D eigenvalue weighted by Gasteiger charge is 2.31. The van der Waals surface area contributed by atoms with Gasteiger partial charge in [-0.2, -0.15) is 5.10 Å². The van der Waals surface area contributed by atoms with Gasteiger partial charge in [0.2, 0.25) is 0 Å². The quantitative estimate of drug-likeness (QED) is 0.528. The van der Waals surface area contributed by atoms with Gasteiger partial charge in [-0.15, -0.1) is 0 Å². The molecule has 1 heterocycles. The monoisotopic (exact) mass is 431 g/mol. The van der Waals surface area contributed by atoms with E-state index in [1.165, 1.54) is 7.11 Å². The molecular weight excluding hydrogens is 402 g/mol. The summed E-state index contributed by atoms with van der Waals surface area (Å²) in [5.74, 6) is -0.902. The predicted octanol–water partition coefficient (Wildman–Crippen LogP) is 4.12. The minimum atomic E-state index is -0.431. The smallest absolute Gasteiger partial charge is 0.310 e. The first-order chi connectivity index (χ1) is 15.5. The third-order valence-electron chi connectivity index (χ3n) is 6.08. The van der Waals surface area contributed by atoms with Crippen molar-refractivity contribution in [3.8, 4) is 5.69 Å². The highest BCUT2D eigenvalue weighted by atomic mass is 16.5. The number of aryl methyl sites for hydroxylation is 1. The summed E-state index contributed by atoms with van der Waals surface area (Å²) in [6.45, 7) is 4.52. The van der Waals surface area contributed by atoms with E-state index in [1.54, 1.807) is 11.8 Å². The van der Waals surface area contributed by atoms with E-state index >= 15 is 0 Å². The molecule has 1 atom stereocenters. The molecule has 0 N–H and O–H groups in total. The SMILES string of the molecule is COC(=O)C(C)CN(Cc1ccccc1)C(=O)c1nn(-c2ccccc2C)c2c1CCC2. The van der Waals surface area contributed by atoms with Crippen LogP contribution in [0.4, 0.5) is 0 Å². The third-order valence-corrected chi connectivity index (χ3v) is 6.08. The number of esters is 1. The summed E-state index contributed by atoms with van der Waals surface area (Å²) >= 11 is 0. The number of fused-ring (bicyclic) bond motifs is 1. The van der Waals surface area contributed by atoms with Crippen LogP contribution in [0.1, 0.15) is 46.2 Å². The van der Waals surface area contributed by atoms with Gasteiger partial charge in [0.15, 0.2) is 5.69 Å². The highest BCUT2D eigenvalue weighted by Crippen LogP contribution is 2.30. The molecule has 0 bridgehead atoms. The number of nitrogens with zero attached hydrogens (tertiary/aromatic N) is 3. The molecule has 0 fully saturated rings. The fourth-order valence-electron chi connectivity index (χ4n) is 4.39. The third kappa shape index (κ3) is 4.31. The number of ether oxygens (including phenoxy) is 1. The maximum atomic E-state index is 13.8. The Morgan fingerprint density at radius 3 is 2.53 bits per heavy atom. The van der Waals surface area contributed by atoms with Crippen molar-refractivity contribution in [1.82, 2.24) is 14.7 Å². The van der Waals surface area contributed by atoms with Crippen molar-refractivity contribution in [3.05, 3.63) is 82.7 Å². The summed E-state index contributed by atoms with van der Waals surface area (Å²) in [4.78, 5) is 27.6. The van der Waals surface area contributed by atoms with Crippen LogP contribution >= 0.6 is 0 Å². The van der Waals surface area contributed by atoms with Crippen molar-refractivity contribution in [3.63, 3.8) is 0 Å². The summed E-state index contributed by atoms with van der Waals surface area (Å²) in [5, 5.41) is 4.81. The molecule has 1 aromatic heterocycles. The van der Waals surface area contributed by atoms with E-state index in [-0.39, 0.29) is 18.4 Å². The van der Waals surface area contributed by atoms with E-state index in [1.807, 2.05) is 53.2 Å². The second-order valence-electron chi connectivity index (χ2n) is 8.42. The van der Waals surface area contributed by atoms with Crippen LogP contribution in [0.15, 0.2) is 54.6 Å². The first kappa shape index (κ1) is 21.8. The van der Waals surface area contributed by atoms with Crippen molar-refractivity contribution in [2.24, 2.45) is 5.92 Å². The molecule has 0 saturated heterocycles. The molecule has 32 heavy (non-hydrogen) atoms. The summed E-state index contributed by atoms with van der Waals surface area (Å²) in [6.07, 6.45) is 2.76. The number of hydrogen-bond acceptors (Lipinski definition) is 4. The Labute approximate surface area is 188 Å². The minimum absolute atomic E-state index is 0.143. The molecule has 3 aromatic rings. The molecule has 0 radical (unpaired) electrons. The molecule has 1 aliphatic rings. The van der Waals surface area contributed by atoms with Gasteiger partial charge in [-0.25, -0.2) is 4.68 Å². The fourth-order valence-corrected chi connectivity index (χ4v) is 4.39. The second-order valence-corrected chi connectivity index (χ2v) is 8.42. The number of carbonyl (C=O) groups is 2. The van der Waals surface area contributed by atoms with Crippen LogP contribution in [-0.2, 0) is 28.9 Å². The average molecular weight is 432 g/mol. The zero-order valence-electron chi connectivity index (χ0n) is 18.9. The molecule has 4 rings (SSSR count). The predicted molar refractivity (Wildman–Crippen MR) is 123 cm³/mol. The summed E-state index contributed by atoms with van der Waals surface area (Å²) in [5.41, 5.74) is 5.76.